The molecule has 0 atom stereocenters. The predicted molar refractivity (Wildman–Crippen MR) is 82.1 cm³/mol. The van der Waals surface area contributed by atoms with Crippen LogP contribution in [0.4, 0.5) is 5.82 Å². The zero-order chi connectivity index (χ0) is 14.1. The molecule has 0 saturated heterocycles. The highest BCUT2D eigenvalue weighted by molar-refractivity contribution is 5.42. The summed E-state index contributed by atoms with van der Waals surface area (Å²) in [4.78, 5) is 6.57. The Morgan fingerprint density at radius 2 is 2.26 bits per heavy atom. The van der Waals surface area contributed by atoms with Crippen LogP contribution < -0.4 is 10.2 Å². The largest absolute Gasteiger partial charge is 0.345 e. The van der Waals surface area contributed by atoms with Crippen molar-refractivity contribution in [1.82, 2.24) is 10.3 Å². The molecule has 104 valence electrons. The smallest absolute Gasteiger partial charge is 0.129 e. The maximum atomic E-state index is 5.42. The summed E-state index contributed by atoms with van der Waals surface area (Å²) >= 11 is 0. The van der Waals surface area contributed by atoms with Crippen LogP contribution in [0.3, 0.4) is 0 Å². The van der Waals surface area contributed by atoms with Gasteiger partial charge in [-0.05, 0) is 36.6 Å². The van der Waals surface area contributed by atoms with Crippen LogP contribution in [0, 0.1) is 18.3 Å². The van der Waals surface area contributed by atoms with E-state index in [2.05, 4.69) is 54.0 Å². The number of hydrogen-bond acceptors (Lipinski definition) is 3. The number of pyridine rings is 1. The molecule has 0 fully saturated rings. The molecule has 0 saturated carbocycles. The summed E-state index contributed by atoms with van der Waals surface area (Å²) in [5.41, 5.74) is 1.25. The van der Waals surface area contributed by atoms with Crippen molar-refractivity contribution in [3.8, 4) is 12.3 Å². The van der Waals surface area contributed by atoms with Gasteiger partial charge in [0.1, 0.15) is 5.82 Å². The molecule has 1 heterocycles. The van der Waals surface area contributed by atoms with Gasteiger partial charge in [0.15, 0.2) is 0 Å². The van der Waals surface area contributed by atoms with Gasteiger partial charge in [-0.2, -0.15) is 0 Å². The van der Waals surface area contributed by atoms with Gasteiger partial charge < -0.3 is 10.2 Å². The molecule has 0 amide bonds. The Kier molecular flexibility index (Phi) is 6.99. The second kappa shape index (κ2) is 8.55. The van der Waals surface area contributed by atoms with Crippen LogP contribution in [0.1, 0.15) is 32.8 Å². The summed E-state index contributed by atoms with van der Waals surface area (Å²) in [5, 5.41) is 3.44. The maximum absolute atomic E-state index is 5.42. The molecule has 0 aliphatic heterocycles. The second-order valence-corrected chi connectivity index (χ2v) is 5.17. The molecule has 0 aromatic carbocycles. The first-order valence-corrected chi connectivity index (χ1v) is 7.01. The Morgan fingerprint density at radius 1 is 1.47 bits per heavy atom. The summed E-state index contributed by atoms with van der Waals surface area (Å²) in [6.45, 7) is 10.0. The van der Waals surface area contributed by atoms with Gasteiger partial charge in [-0.3, -0.25) is 0 Å². The van der Waals surface area contributed by atoms with Crippen molar-refractivity contribution in [1.29, 1.82) is 0 Å². The van der Waals surface area contributed by atoms with Gasteiger partial charge in [0.2, 0.25) is 0 Å². The zero-order valence-electron chi connectivity index (χ0n) is 12.3. The van der Waals surface area contributed by atoms with Crippen LogP contribution >= 0.6 is 0 Å². The minimum absolute atomic E-state index is 0.615. The van der Waals surface area contributed by atoms with Crippen molar-refractivity contribution in [2.75, 3.05) is 24.5 Å². The Hall–Kier alpha value is -1.53. The highest BCUT2D eigenvalue weighted by Crippen LogP contribution is 2.13. The summed E-state index contributed by atoms with van der Waals surface area (Å²) in [7, 11) is 0. The van der Waals surface area contributed by atoms with Gasteiger partial charge in [0, 0.05) is 19.3 Å². The third-order valence-electron chi connectivity index (χ3n) is 2.79. The standard InChI is InChI=1S/C16H25N3/c1-5-9-19(10-6-2)16-11-15(7-8-18-16)13-17-12-14(3)4/h1,7-8,11,14,17H,6,9-10,12-13H2,2-4H3. The van der Waals surface area contributed by atoms with Gasteiger partial charge >= 0.3 is 0 Å². The van der Waals surface area contributed by atoms with E-state index in [0.29, 0.717) is 12.5 Å². The van der Waals surface area contributed by atoms with E-state index in [1.165, 1.54) is 5.56 Å². The quantitative estimate of drug-likeness (QED) is 0.728. The first-order valence-electron chi connectivity index (χ1n) is 7.01. The van der Waals surface area contributed by atoms with Crippen LogP contribution in [0.2, 0.25) is 0 Å². The summed E-state index contributed by atoms with van der Waals surface area (Å²) in [6.07, 6.45) is 8.35. The highest BCUT2D eigenvalue weighted by Gasteiger charge is 2.06. The van der Waals surface area contributed by atoms with E-state index in [-0.39, 0.29) is 0 Å². The molecule has 3 heteroatoms. The molecule has 0 radical (unpaired) electrons. The lowest BCUT2D eigenvalue weighted by Gasteiger charge is -2.21. The van der Waals surface area contributed by atoms with Gasteiger partial charge in [-0.15, -0.1) is 6.42 Å². The second-order valence-electron chi connectivity index (χ2n) is 5.17. The molecule has 1 aromatic heterocycles. The third kappa shape index (κ3) is 5.76. The minimum atomic E-state index is 0.615. The average molecular weight is 259 g/mol. The fourth-order valence-corrected chi connectivity index (χ4v) is 1.90. The Labute approximate surface area is 117 Å². The Bertz CT molecular complexity index is 407. The van der Waals surface area contributed by atoms with Crippen LogP contribution in [-0.2, 0) is 6.54 Å². The van der Waals surface area contributed by atoms with Crippen LogP contribution in [0.25, 0.3) is 0 Å². The van der Waals surface area contributed by atoms with E-state index in [4.69, 9.17) is 6.42 Å². The normalized spacial score (nSPS) is 10.5. The lowest BCUT2D eigenvalue weighted by atomic mass is 10.2. The Morgan fingerprint density at radius 3 is 2.89 bits per heavy atom. The fourth-order valence-electron chi connectivity index (χ4n) is 1.90. The lowest BCUT2D eigenvalue weighted by molar-refractivity contribution is 0.552. The zero-order valence-corrected chi connectivity index (χ0v) is 12.3. The lowest BCUT2D eigenvalue weighted by Crippen LogP contribution is -2.25. The molecule has 1 aromatic rings. The van der Waals surface area contributed by atoms with Crippen molar-refractivity contribution in [3.05, 3.63) is 23.9 Å². The van der Waals surface area contributed by atoms with Crippen molar-refractivity contribution in [3.63, 3.8) is 0 Å². The topological polar surface area (TPSA) is 28.2 Å². The number of aromatic nitrogens is 1. The van der Waals surface area contributed by atoms with Crippen molar-refractivity contribution < 1.29 is 0 Å². The first-order chi connectivity index (χ1) is 9.17. The maximum Gasteiger partial charge on any atom is 0.129 e. The van der Waals surface area contributed by atoms with E-state index in [1.54, 1.807) is 0 Å². The van der Waals surface area contributed by atoms with Crippen molar-refractivity contribution in [2.24, 2.45) is 5.92 Å². The molecule has 1 N–H and O–H groups in total. The number of anilines is 1. The number of nitrogens with zero attached hydrogens (tertiary/aromatic N) is 2. The molecular weight excluding hydrogens is 234 g/mol. The number of hydrogen-bond donors (Lipinski definition) is 1. The van der Waals surface area contributed by atoms with Crippen molar-refractivity contribution in [2.45, 2.75) is 33.7 Å². The number of rotatable bonds is 8. The monoisotopic (exact) mass is 259 g/mol. The van der Waals surface area contributed by atoms with Crippen molar-refractivity contribution >= 4 is 5.82 Å². The number of terminal acetylenes is 1. The van der Waals surface area contributed by atoms with Crippen LogP contribution in [0.5, 0.6) is 0 Å². The van der Waals surface area contributed by atoms with Gasteiger partial charge in [-0.25, -0.2) is 4.98 Å². The van der Waals surface area contributed by atoms with E-state index in [1.807, 2.05) is 6.20 Å². The molecule has 0 bridgehead atoms. The van der Waals surface area contributed by atoms with Gasteiger partial charge in [0.25, 0.3) is 0 Å². The highest BCUT2D eigenvalue weighted by atomic mass is 15.2. The first kappa shape index (κ1) is 15.5. The SMILES string of the molecule is C#CCN(CCC)c1cc(CNCC(C)C)ccn1. The average Bonchev–Trinajstić information content (AvgIpc) is 2.38. The molecule has 1 rings (SSSR count). The minimum Gasteiger partial charge on any atom is -0.345 e. The number of nitrogens with one attached hydrogen (secondary N) is 1. The van der Waals surface area contributed by atoms with E-state index in [9.17, 15) is 0 Å². The van der Waals surface area contributed by atoms with Gasteiger partial charge in [-0.1, -0.05) is 26.7 Å². The summed E-state index contributed by atoms with van der Waals surface area (Å²) in [5.74, 6) is 4.34. The summed E-state index contributed by atoms with van der Waals surface area (Å²) < 4.78 is 0. The van der Waals surface area contributed by atoms with E-state index >= 15 is 0 Å². The molecular formula is C16H25N3. The van der Waals surface area contributed by atoms with E-state index < -0.39 is 0 Å². The third-order valence-corrected chi connectivity index (χ3v) is 2.79. The molecule has 0 spiro atoms. The van der Waals surface area contributed by atoms with Gasteiger partial charge in [0.05, 0.1) is 6.54 Å². The summed E-state index contributed by atoms with van der Waals surface area (Å²) in [6, 6.07) is 4.18. The Balaban J connectivity index is 2.66. The van der Waals surface area contributed by atoms with Crippen LogP contribution in [0.15, 0.2) is 18.3 Å². The van der Waals surface area contributed by atoms with Crippen LogP contribution in [-0.4, -0.2) is 24.6 Å². The molecule has 19 heavy (non-hydrogen) atoms. The predicted octanol–water partition coefficient (Wildman–Crippen LogP) is 2.68. The molecule has 3 nitrogen and oxygen atoms in total. The fraction of sp³-hybridized carbons (Fsp3) is 0.562. The molecule has 0 unspecified atom stereocenters. The molecule has 0 aliphatic carbocycles. The molecule has 0 aliphatic rings. The van der Waals surface area contributed by atoms with E-state index in [0.717, 1.165) is 31.9 Å².